The molecule has 0 aliphatic rings. The molecule has 5 heavy (non-hydrogen) atoms. The third-order valence-corrected chi connectivity index (χ3v) is 0.209. The van der Waals surface area contributed by atoms with Crippen LogP contribution in [0.15, 0.2) is 0 Å². The zero-order chi connectivity index (χ0) is 4.12. The van der Waals surface area contributed by atoms with Gasteiger partial charge in [-0.3, -0.25) is 4.84 Å². The van der Waals surface area contributed by atoms with Gasteiger partial charge in [0.25, 0.3) is 0 Å². The third-order valence-electron chi connectivity index (χ3n) is 0.209. The highest BCUT2D eigenvalue weighted by atomic mass is 16.7. The first-order chi connectivity index (χ1) is 2.41. The minimum Gasteiger partial charge on any atom is -0.369 e. The van der Waals surface area contributed by atoms with E-state index < -0.39 is 0 Å². The Bertz CT molecular complexity index is 15.1. The average molecular weight is 77.1 g/mol. The van der Waals surface area contributed by atoms with Gasteiger partial charge in [-0.2, -0.15) is 0 Å². The van der Waals surface area contributed by atoms with Crippen molar-refractivity contribution in [2.45, 2.75) is 0 Å². The number of hydrogen-bond acceptors (Lipinski definition) is 3. The number of hydroxylamine groups is 1. The third kappa shape index (κ3) is 3.88. The maximum Gasteiger partial charge on any atom is 0.163 e. The molecule has 0 unspecified atom stereocenters. The summed E-state index contributed by atoms with van der Waals surface area (Å²) in [6.07, 6.45) is 0. The topological polar surface area (TPSA) is 41.5 Å². The molecule has 3 nitrogen and oxygen atoms in total. The van der Waals surface area contributed by atoms with E-state index in [9.17, 15) is 0 Å². The fraction of sp³-hybridized carbons (Fsp3) is 1.00. The lowest BCUT2D eigenvalue weighted by Gasteiger charge is -1.88. The summed E-state index contributed by atoms with van der Waals surface area (Å²) in [5, 5.41) is 7.78. The van der Waals surface area contributed by atoms with Crippen LogP contribution in [0.1, 0.15) is 0 Å². The van der Waals surface area contributed by atoms with Crippen LogP contribution >= 0.6 is 0 Å². The molecule has 0 saturated heterocycles. The molecule has 0 rings (SSSR count). The van der Waals surface area contributed by atoms with E-state index in [4.69, 9.17) is 5.11 Å². The van der Waals surface area contributed by atoms with Gasteiger partial charge < -0.3 is 5.11 Å². The molecule has 0 atom stereocenters. The van der Waals surface area contributed by atoms with Gasteiger partial charge in [0, 0.05) is 7.05 Å². The Morgan fingerprint density at radius 3 is 2.60 bits per heavy atom. The van der Waals surface area contributed by atoms with Gasteiger partial charge >= 0.3 is 0 Å². The van der Waals surface area contributed by atoms with Crippen molar-refractivity contribution >= 4 is 0 Å². The van der Waals surface area contributed by atoms with Gasteiger partial charge in [-0.15, -0.1) is 0 Å². The molecule has 3 heteroatoms. The molecule has 0 aromatic carbocycles. The summed E-state index contributed by atoms with van der Waals surface area (Å²) in [5.74, 6) is 0. The van der Waals surface area contributed by atoms with Gasteiger partial charge in [0.2, 0.25) is 0 Å². The lowest BCUT2D eigenvalue weighted by molar-refractivity contribution is -0.0510. The maximum absolute atomic E-state index is 7.78. The lowest BCUT2D eigenvalue weighted by Crippen LogP contribution is -2.06. The summed E-state index contributed by atoms with van der Waals surface area (Å²) in [4.78, 5) is 4.14. The van der Waals surface area contributed by atoms with Crippen LogP contribution < -0.4 is 5.48 Å². The Labute approximate surface area is 30.5 Å². The van der Waals surface area contributed by atoms with Gasteiger partial charge in [-0.05, 0) is 0 Å². The molecule has 0 aromatic heterocycles. The SMILES string of the molecule is CNOCO. The van der Waals surface area contributed by atoms with Crippen LogP contribution in [0, 0.1) is 0 Å². The summed E-state index contributed by atoms with van der Waals surface area (Å²) in [5.41, 5.74) is 2.27. The first kappa shape index (κ1) is 4.88. The molecule has 0 aliphatic heterocycles. The van der Waals surface area contributed by atoms with Gasteiger partial charge in [-0.1, -0.05) is 0 Å². The predicted octanol–water partition coefficient (Wildman–Crippen LogP) is -0.913. The van der Waals surface area contributed by atoms with Crippen LogP contribution in [-0.4, -0.2) is 18.9 Å². The van der Waals surface area contributed by atoms with Crippen LogP contribution in [0.3, 0.4) is 0 Å². The van der Waals surface area contributed by atoms with Gasteiger partial charge in [0.15, 0.2) is 6.79 Å². The van der Waals surface area contributed by atoms with E-state index in [1.54, 1.807) is 7.05 Å². The number of aliphatic hydroxyl groups excluding tert-OH is 1. The Balaban J connectivity index is 2.19. The van der Waals surface area contributed by atoms with Crippen molar-refractivity contribution in [3.63, 3.8) is 0 Å². The molecular weight excluding hydrogens is 70.0 g/mol. The minimum absolute atomic E-state index is 0.267. The van der Waals surface area contributed by atoms with E-state index in [2.05, 4.69) is 10.3 Å². The highest BCUT2D eigenvalue weighted by molar-refractivity contribution is 3.83. The largest absolute Gasteiger partial charge is 0.369 e. The molecular formula is C2H7NO2. The van der Waals surface area contributed by atoms with Crippen molar-refractivity contribution in [2.24, 2.45) is 0 Å². The molecule has 0 amide bonds. The maximum atomic E-state index is 7.78. The van der Waals surface area contributed by atoms with Crippen LogP contribution in [0.5, 0.6) is 0 Å². The van der Waals surface area contributed by atoms with E-state index in [-0.39, 0.29) is 6.79 Å². The van der Waals surface area contributed by atoms with E-state index in [1.165, 1.54) is 0 Å². The Hall–Kier alpha value is -0.120. The molecule has 32 valence electrons. The van der Waals surface area contributed by atoms with Crippen molar-refractivity contribution in [2.75, 3.05) is 13.8 Å². The monoisotopic (exact) mass is 77.0 g/mol. The second kappa shape index (κ2) is 3.88. The molecule has 0 saturated carbocycles. The van der Waals surface area contributed by atoms with E-state index in [1.807, 2.05) is 0 Å². The quantitative estimate of drug-likeness (QED) is 0.331. The minimum atomic E-state index is -0.267. The van der Waals surface area contributed by atoms with Crippen LogP contribution in [-0.2, 0) is 4.84 Å². The highest BCUT2D eigenvalue weighted by Gasteiger charge is 1.62. The summed E-state index contributed by atoms with van der Waals surface area (Å²) < 4.78 is 0. The molecule has 0 aromatic rings. The van der Waals surface area contributed by atoms with Crippen molar-refractivity contribution in [3.05, 3.63) is 0 Å². The van der Waals surface area contributed by atoms with Crippen LogP contribution in [0.4, 0.5) is 0 Å². The fourth-order valence-electron chi connectivity index (χ4n) is 0.0645. The summed E-state index contributed by atoms with van der Waals surface area (Å²) >= 11 is 0. The van der Waals surface area contributed by atoms with Crippen LogP contribution in [0.2, 0.25) is 0 Å². The number of hydrogen-bond donors (Lipinski definition) is 2. The van der Waals surface area contributed by atoms with E-state index >= 15 is 0 Å². The molecule has 0 fully saturated rings. The number of nitrogens with one attached hydrogen (secondary N) is 1. The number of aliphatic hydroxyl groups is 1. The smallest absolute Gasteiger partial charge is 0.163 e. The van der Waals surface area contributed by atoms with Gasteiger partial charge in [-0.25, -0.2) is 5.48 Å². The Morgan fingerprint density at radius 1 is 2.00 bits per heavy atom. The normalized spacial score (nSPS) is 8.40. The molecule has 0 heterocycles. The zero-order valence-corrected chi connectivity index (χ0v) is 3.06. The second-order valence-electron chi connectivity index (χ2n) is 0.478. The summed E-state index contributed by atoms with van der Waals surface area (Å²) in [7, 11) is 1.58. The van der Waals surface area contributed by atoms with Crippen molar-refractivity contribution in [1.82, 2.24) is 5.48 Å². The van der Waals surface area contributed by atoms with E-state index in [0.29, 0.717) is 0 Å². The van der Waals surface area contributed by atoms with Gasteiger partial charge in [0.1, 0.15) is 0 Å². The first-order valence-electron chi connectivity index (χ1n) is 1.31. The van der Waals surface area contributed by atoms with Crippen LogP contribution in [0.25, 0.3) is 0 Å². The second-order valence-corrected chi connectivity index (χ2v) is 0.478. The number of rotatable bonds is 2. The van der Waals surface area contributed by atoms with E-state index in [0.717, 1.165) is 0 Å². The van der Waals surface area contributed by atoms with Crippen molar-refractivity contribution in [1.29, 1.82) is 0 Å². The Morgan fingerprint density at radius 2 is 2.60 bits per heavy atom. The Kier molecular flexibility index (Phi) is 3.79. The lowest BCUT2D eigenvalue weighted by atomic mass is 11.5. The molecule has 0 bridgehead atoms. The standard InChI is InChI=1S/C2H7NO2/c1-3-5-2-4/h3-4H,2H2,1H3. The average Bonchev–Trinajstić information content (AvgIpc) is 1.41. The molecule has 0 radical (unpaired) electrons. The predicted molar refractivity (Wildman–Crippen MR) is 17.2 cm³/mol. The molecule has 2 N–H and O–H groups in total. The zero-order valence-electron chi connectivity index (χ0n) is 3.06. The van der Waals surface area contributed by atoms with Crippen molar-refractivity contribution < 1.29 is 9.94 Å². The first-order valence-corrected chi connectivity index (χ1v) is 1.31. The molecule has 0 spiro atoms. The summed E-state index contributed by atoms with van der Waals surface area (Å²) in [6, 6.07) is 0. The van der Waals surface area contributed by atoms with Crippen molar-refractivity contribution in [3.8, 4) is 0 Å². The fourth-order valence-corrected chi connectivity index (χ4v) is 0.0645. The highest BCUT2D eigenvalue weighted by Crippen LogP contribution is 1.47. The summed E-state index contributed by atoms with van der Waals surface area (Å²) in [6.45, 7) is -0.267. The van der Waals surface area contributed by atoms with Gasteiger partial charge in [0.05, 0.1) is 0 Å². The molecule has 0 aliphatic carbocycles.